The van der Waals surface area contributed by atoms with E-state index >= 15 is 0 Å². The minimum atomic E-state index is -0.798. The van der Waals surface area contributed by atoms with Crippen LogP contribution >= 0.6 is 11.3 Å². The number of hydrogen-bond donors (Lipinski definition) is 1. The van der Waals surface area contributed by atoms with Crippen LogP contribution in [-0.4, -0.2) is 11.1 Å². The lowest BCUT2D eigenvalue weighted by Gasteiger charge is -2.19. The Morgan fingerprint density at radius 2 is 1.95 bits per heavy atom. The average molecular weight is 310 g/mol. The highest BCUT2D eigenvalue weighted by molar-refractivity contribution is 7.10. The minimum absolute atomic E-state index is 0.481. The van der Waals surface area contributed by atoms with Gasteiger partial charge < -0.3 is 9.84 Å². The third-order valence-corrected chi connectivity index (χ3v) is 5.22. The molecule has 0 radical (unpaired) electrons. The number of ether oxygens (including phenoxy) is 1. The fourth-order valence-electron chi connectivity index (χ4n) is 2.97. The van der Waals surface area contributed by atoms with Gasteiger partial charge in [0.15, 0.2) is 5.60 Å². The van der Waals surface area contributed by atoms with Crippen LogP contribution in [0.25, 0.3) is 10.8 Å². The van der Waals surface area contributed by atoms with E-state index in [9.17, 15) is 9.90 Å². The van der Waals surface area contributed by atoms with E-state index in [2.05, 4.69) is 0 Å². The first-order chi connectivity index (χ1) is 10.7. The Morgan fingerprint density at radius 3 is 2.68 bits per heavy atom. The fourth-order valence-corrected chi connectivity index (χ4v) is 3.89. The van der Waals surface area contributed by atoms with Gasteiger partial charge in [0.25, 0.3) is 0 Å². The largest absolute Gasteiger partial charge is 0.481 e. The fraction of sp³-hybridized carbons (Fsp3) is 0.167. The molecule has 0 aliphatic heterocycles. The molecule has 0 bridgehead atoms. The zero-order valence-corrected chi connectivity index (χ0v) is 12.5. The van der Waals surface area contributed by atoms with Crippen LogP contribution in [0.1, 0.15) is 11.3 Å². The Bertz CT molecular complexity index is 835. The summed E-state index contributed by atoms with van der Waals surface area (Å²) >= 11 is 1.55. The van der Waals surface area contributed by atoms with Crippen molar-refractivity contribution in [3.8, 4) is 5.75 Å². The standard InChI is InChI=1S/C18H14O3S/c19-17(20)14-11-18(14,16-9-4-10-22-16)21-15-8-3-6-12-5-1-2-7-13(12)15/h1-10,14H,11H2,(H,19,20)/t14-,18+/m0/s1. The molecule has 1 aliphatic rings. The van der Waals surface area contributed by atoms with Crippen LogP contribution in [0.4, 0.5) is 0 Å². The van der Waals surface area contributed by atoms with Crippen LogP contribution < -0.4 is 4.74 Å². The van der Waals surface area contributed by atoms with E-state index in [1.54, 1.807) is 11.3 Å². The zero-order chi connectivity index (χ0) is 15.2. The monoisotopic (exact) mass is 310 g/mol. The number of carbonyl (C=O) groups is 1. The van der Waals surface area contributed by atoms with Gasteiger partial charge in [0.1, 0.15) is 11.7 Å². The number of benzene rings is 2. The van der Waals surface area contributed by atoms with Gasteiger partial charge in [-0.05, 0) is 22.9 Å². The molecule has 0 unspecified atom stereocenters. The molecule has 1 aromatic heterocycles. The first kappa shape index (κ1) is 13.3. The lowest BCUT2D eigenvalue weighted by Crippen LogP contribution is -2.21. The van der Waals surface area contributed by atoms with Crippen molar-refractivity contribution in [1.82, 2.24) is 0 Å². The highest BCUT2D eigenvalue weighted by Crippen LogP contribution is 2.57. The summed E-state index contributed by atoms with van der Waals surface area (Å²) in [5.41, 5.74) is -0.718. The van der Waals surface area contributed by atoms with Crippen LogP contribution in [-0.2, 0) is 10.4 Å². The van der Waals surface area contributed by atoms with E-state index in [1.807, 2.05) is 60.0 Å². The van der Waals surface area contributed by atoms with Gasteiger partial charge in [0.2, 0.25) is 0 Å². The van der Waals surface area contributed by atoms with Crippen molar-refractivity contribution >= 4 is 28.1 Å². The van der Waals surface area contributed by atoms with E-state index in [4.69, 9.17) is 4.74 Å². The molecular formula is C18H14O3S. The summed E-state index contributed by atoms with van der Waals surface area (Å²) in [5.74, 6) is -0.533. The predicted octanol–water partition coefficient (Wildman–Crippen LogP) is 4.28. The molecule has 1 fully saturated rings. The Hall–Kier alpha value is -2.33. The summed E-state index contributed by atoms with van der Waals surface area (Å²) in [6, 6.07) is 17.8. The minimum Gasteiger partial charge on any atom is -0.481 e. The molecule has 3 aromatic rings. The number of hydrogen-bond acceptors (Lipinski definition) is 3. The van der Waals surface area contributed by atoms with Crippen LogP contribution in [0.15, 0.2) is 60.0 Å². The van der Waals surface area contributed by atoms with Crippen molar-refractivity contribution in [2.75, 3.05) is 0 Å². The Labute approximate surface area is 131 Å². The van der Waals surface area contributed by atoms with Crippen molar-refractivity contribution in [2.24, 2.45) is 5.92 Å². The summed E-state index contributed by atoms with van der Waals surface area (Å²) < 4.78 is 6.27. The maximum atomic E-state index is 11.5. The van der Waals surface area contributed by atoms with Gasteiger partial charge in [-0.1, -0.05) is 42.5 Å². The Kier molecular flexibility index (Phi) is 2.94. The number of thiophene rings is 1. The second kappa shape index (κ2) is 4.85. The topological polar surface area (TPSA) is 46.5 Å². The molecule has 0 spiro atoms. The summed E-state index contributed by atoms with van der Waals surface area (Å²) in [6.07, 6.45) is 0.520. The number of aliphatic carboxylic acids is 1. The first-order valence-corrected chi connectivity index (χ1v) is 8.02. The first-order valence-electron chi connectivity index (χ1n) is 7.14. The summed E-state index contributed by atoms with van der Waals surface area (Å²) in [4.78, 5) is 12.4. The van der Waals surface area contributed by atoms with E-state index in [0.29, 0.717) is 6.42 Å². The van der Waals surface area contributed by atoms with Gasteiger partial charge in [0.05, 0.1) is 0 Å². The third-order valence-electron chi connectivity index (χ3n) is 4.19. The van der Waals surface area contributed by atoms with E-state index in [-0.39, 0.29) is 0 Å². The molecule has 110 valence electrons. The Morgan fingerprint density at radius 1 is 1.14 bits per heavy atom. The molecule has 4 rings (SSSR count). The van der Waals surface area contributed by atoms with E-state index < -0.39 is 17.5 Å². The molecule has 0 saturated heterocycles. The Balaban J connectivity index is 1.78. The number of carboxylic acid groups (broad SMARTS) is 1. The second-order valence-electron chi connectivity index (χ2n) is 5.54. The SMILES string of the molecule is O=C(O)[C@@H]1C[C@]1(Oc1cccc2ccccc12)c1cccs1. The molecule has 1 saturated carbocycles. The molecule has 0 amide bonds. The second-order valence-corrected chi connectivity index (χ2v) is 6.49. The normalized spacial score (nSPS) is 23.4. The van der Waals surface area contributed by atoms with Crippen LogP contribution in [0.5, 0.6) is 5.75 Å². The van der Waals surface area contributed by atoms with Crippen molar-refractivity contribution < 1.29 is 14.6 Å². The van der Waals surface area contributed by atoms with Gasteiger partial charge in [0, 0.05) is 16.7 Å². The number of carboxylic acids is 1. The molecule has 1 N–H and O–H groups in total. The van der Waals surface area contributed by atoms with Crippen LogP contribution in [0.3, 0.4) is 0 Å². The molecule has 4 heteroatoms. The molecular weight excluding hydrogens is 296 g/mol. The third kappa shape index (κ3) is 1.99. The highest BCUT2D eigenvalue weighted by Gasteiger charge is 2.63. The summed E-state index contributed by atoms with van der Waals surface area (Å²) in [5, 5.41) is 13.5. The molecule has 3 nitrogen and oxygen atoms in total. The maximum absolute atomic E-state index is 11.5. The van der Waals surface area contributed by atoms with Crippen LogP contribution in [0.2, 0.25) is 0 Å². The highest BCUT2D eigenvalue weighted by atomic mass is 32.1. The van der Waals surface area contributed by atoms with Gasteiger partial charge >= 0.3 is 5.97 Å². The summed E-state index contributed by atoms with van der Waals surface area (Å²) in [7, 11) is 0. The van der Waals surface area contributed by atoms with Crippen molar-refractivity contribution in [2.45, 2.75) is 12.0 Å². The maximum Gasteiger partial charge on any atom is 0.311 e. The van der Waals surface area contributed by atoms with Gasteiger partial charge in [-0.3, -0.25) is 4.79 Å². The van der Waals surface area contributed by atoms with Crippen molar-refractivity contribution in [3.05, 3.63) is 64.9 Å². The quantitative estimate of drug-likeness (QED) is 0.782. The molecule has 1 heterocycles. The smallest absolute Gasteiger partial charge is 0.311 e. The van der Waals surface area contributed by atoms with Gasteiger partial charge in [-0.25, -0.2) is 0 Å². The average Bonchev–Trinajstić information content (AvgIpc) is 3.00. The van der Waals surface area contributed by atoms with Gasteiger partial charge in [-0.2, -0.15) is 0 Å². The number of rotatable bonds is 4. The molecule has 1 aliphatic carbocycles. The van der Waals surface area contributed by atoms with Crippen molar-refractivity contribution in [1.29, 1.82) is 0 Å². The van der Waals surface area contributed by atoms with Crippen LogP contribution in [0, 0.1) is 5.92 Å². The van der Waals surface area contributed by atoms with E-state index in [0.717, 1.165) is 21.4 Å². The van der Waals surface area contributed by atoms with Gasteiger partial charge in [-0.15, -0.1) is 11.3 Å². The lowest BCUT2D eigenvalue weighted by molar-refractivity contribution is -0.140. The zero-order valence-electron chi connectivity index (χ0n) is 11.7. The number of fused-ring (bicyclic) bond motifs is 1. The van der Waals surface area contributed by atoms with Crippen molar-refractivity contribution in [3.63, 3.8) is 0 Å². The van der Waals surface area contributed by atoms with E-state index in [1.165, 1.54) is 0 Å². The molecule has 22 heavy (non-hydrogen) atoms. The summed E-state index contributed by atoms with van der Waals surface area (Å²) in [6.45, 7) is 0. The lowest BCUT2D eigenvalue weighted by atomic mass is 10.1. The molecule has 2 atom stereocenters. The predicted molar refractivity (Wildman–Crippen MR) is 86.3 cm³/mol. The molecule has 2 aromatic carbocycles.